The van der Waals surface area contributed by atoms with Gasteiger partial charge in [-0.25, -0.2) is 15.0 Å². The van der Waals surface area contributed by atoms with Crippen LogP contribution in [0.5, 0.6) is 5.88 Å². The maximum Gasteiger partial charge on any atom is 0.222 e. The summed E-state index contributed by atoms with van der Waals surface area (Å²) >= 11 is 0. The number of aromatic nitrogens is 4. The van der Waals surface area contributed by atoms with Crippen LogP contribution in [0.4, 0.5) is 0 Å². The fraction of sp³-hybridized carbons (Fsp3) is 0.500. The van der Waals surface area contributed by atoms with Crippen molar-refractivity contribution in [2.45, 2.75) is 60.3 Å². The topological polar surface area (TPSA) is 52.8 Å². The van der Waals surface area contributed by atoms with Crippen molar-refractivity contribution in [3.63, 3.8) is 0 Å². The van der Waals surface area contributed by atoms with Gasteiger partial charge >= 0.3 is 0 Å². The molecule has 3 aromatic rings. The van der Waals surface area contributed by atoms with Gasteiger partial charge in [0, 0.05) is 18.9 Å². The van der Waals surface area contributed by atoms with Gasteiger partial charge in [-0.3, -0.25) is 0 Å². The molecule has 0 aliphatic rings. The molecule has 0 radical (unpaired) electrons. The van der Waals surface area contributed by atoms with Gasteiger partial charge in [0.2, 0.25) is 5.88 Å². The molecule has 0 amide bonds. The number of ether oxygens (including phenoxy) is 1. The second-order valence-electron chi connectivity index (χ2n) is 6.61. The van der Waals surface area contributed by atoms with E-state index in [9.17, 15) is 0 Å². The van der Waals surface area contributed by atoms with Crippen LogP contribution in [-0.2, 0) is 19.9 Å². The van der Waals surface area contributed by atoms with Crippen LogP contribution < -0.4 is 4.74 Å². The van der Waals surface area contributed by atoms with Gasteiger partial charge in [0.1, 0.15) is 5.52 Å². The highest BCUT2D eigenvalue weighted by molar-refractivity contribution is 5.80. The van der Waals surface area contributed by atoms with E-state index in [0.717, 1.165) is 46.7 Å². The lowest BCUT2D eigenvalue weighted by Gasteiger charge is -2.13. The van der Waals surface area contributed by atoms with E-state index in [2.05, 4.69) is 51.0 Å². The molecule has 0 saturated heterocycles. The van der Waals surface area contributed by atoms with Gasteiger partial charge in [-0.1, -0.05) is 41.5 Å². The molecule has 0 unspecified atom stereocenters. The van der Waals surface area contributed by atoms with Crippen LogP contribution in [0.25, 0.3) is 22.4 Å². The number of hydrogen-bond donors (Lipinski definition) is 0. The number of methoxy groups -OCH3 is 1. The smallest absolute Gasteiger partial charge is 0.222 e. The first-order valence-electron chi connectivity index (χ1n) is 9.90. The molecule has 27 heavy (non-hydrogen) atoms. The molecule has 0 aliphatic carbocycles. The molecule has 0 aromatic carbocycles. The standard InChI is InChI=1S/C20H26N4O.C2H6/c1-7-13-11-24(5)19-17(13)21-15(8-2)18(23-19)14-9-10-16(12(3)4)22-20(14)25-6;1-2/h9-12H,7-8H2,1-6H3;1-2H3. The number of hydrogen-bond acceptors (Lipinski definition) is 4. The number of rotatable bonds is 5. The fourth-order valence-corrected chi connectivity index (χ4v) is 3.11. The Morgan fingerprint density at radius 2 is 1.74 bits per heavy atom. The summed E-state index contributed by atoms with van der Waals surface area (Å²) in [6.07, 6.45) is 3.87. The Balaban J connectivity index is 0.00000126. The molecule has 5 nitrogen and oxygen atoms in total. The fourth-order valence-electron chi connectivity index (χ4n) is 3.11. The Morgan fingerprint density at radius 1 is 1.04 bits per heavy atom. The van der Waals surface area contributed by atoms with Crippen molar-refractivity contribution in [1.82, 2.24) is 19.5 Å². The van der Waals surface area contributed by atoms with Crippen LogP contribution in [0, 0.1) is 0 Å². The zero-order chi connectivity index (χ0) is 20.1. The van der Waals surface area contributed by atoms with E-state index < -0.39 is 0 Å². The summed E-state index contributed by atoms with van der Waals surface area (Å²) in [5, 5.41) is 0. The molecular formula is C22H32N4O. The van der Waals surface area contributed by atoms with Crippen molar-refractivity contribution < 1.29 is 4.74 Å². The number of pyridine rings is 1. The molecule has 0 spiro atoms. The van der Waals surface area contributed by atoms with E-state index in [1.165, 1.54) is 5.56 Å². The minimum Gasteiger partial charge on any atom is -0.480 e. The normalized spacial score (nSPS) is 10.9. The summed E-state index contributed by atoms with van der Waals surface area (Å²) in [6.45, 7) is 12.5. The van der Waals surface area contributed by atoms with E-state index in [0.29, 0.717) is 11.8 Å². The Labute approximate surface area is 162 Å². The zero-order valence-corrected chi connectivity index (χ0v) is 17.9. The molecule has 0 bridgehead atoms. The first kappa shape index (κ1) is 20.9. The van der Waals surface area contributed by atoms with E-state index in [1.807, 2.05) is 25.5 Å². The Bertz CT molecular complexity index is 912. The first-order chi connectivity index (χ1) is 13.0. The van der Waals surface area contributed by atoms with Gasteiger partial charge in [-0.15, -0.1) is 0 Å². The summed E-state index contributed by atoms with van der Waals surface area (Å²) in [6, 6.07) is 4.11. The minimum absolute atomic E-state index is 0.349. The average Bonchev–Trinajstić information content (AvgIpc) is 3.02. The van der Waals surface area contributed by atoms with E-state index >= 15 is 0 Å². The van der Waals surface area contributed by atoms with E-state index in [-0.39, 0.29) is 0 Å². The lowest BCUT2D eigenvalue weighted by molar-refractivity contribution is 0.397. The largest absolute Gasteiger partial charge is 0.480 e. The molecule has 0 fully saturated rings. The molecular weight excluding hydrogens is 336 g/mol. The van der Waals surface area contributed by atoms with Gasteiger partial charge < -0.3 is 9.30 Å². The minimum atomic E-state index is 0.349. The number of aryl methyl sites for hydroxylation is 3. The predicted octanol–water partition coefficient (Wildman–Crippen LogP) is 5.31. The predicted molar refractivity (Wildman–Crippen MR) is 112 cm³/mol. The number of fused-ring (bicyclic) bond motifs is 1. The highest BCUT2D eigenvalue weighted by atomic mass is 16.5. The maximum absolute atomic E-state index is 5.57. The third kappa shape index (κ3) is 3.97. The molecule has 146 valence electrons. The highest BCUT2D eigenvalue weighted by Gasteiger charge is 2.19. The molecule has 3 heterocycles. The van der Waals surface area contributed by atoms with E-state index in [4.69, 9.17) is 14.7 Å². The van der Waals surface area contributed by atoms with Crippen molar-refractivity contribution >= 4 is 11.2 Å². The lowest BCUT2D eigenvalue weighted by Crippen LogP contribution is -2.03. The summed E-state index contributed by atoms with van der Waals surface area (Å²) in [4.78, 5) is 14.5. The lowest BCUT2D eigenvalue weighted by atomic mass is 10.1. The second-order valence-corrected chi connectivity index (χ2v) is 6.61. The Morgan fingerprint density at radius 3 is 2.30 bits per heavy atom. The molecule has 0 N–H and O–H groups in total. The highest BCUT2D eigenvalue weighted by Crippen LogP contribution is 2.32. The van der Waals surface area contributed by atoms with Crippen LogP contribution in [-0.4, -0.2) is 26.6 Å². The van der Waals surface area contributed by atoms with Crippen molar-refractivity contribution in [2.75, 3.05) is 7.11 Å². The third-order valence-electron chi connectivity index (χ3n) is 4.57. The molecule has 0 saturated carbocycles. The van der Waals surface area contributed by atoms with Gasteiger partial charge in [-0.05, 0) is 36.5 Å². The monoisotopic (exact) mass is 368 g/mol. The molecule has 0 atom stereocenters. The first-order valence-corrected chi connectivity index (χ1v) is 9.90. The maximum atomic E-state index is 5.57. The second kappa shape index (κ2) is 8.98. The Hall–Kier alpha value is -2.43. The number of nitrogens with zero attached hydrogens (tertiary/aromatic N) is 4. The van der Waals surface area contributed by atoms with Gasteiger partial charge in [0.05, 0.1) is 24.1 Å². The molecule has 5 heteroatoms. The molecule has 3 rings (SSSR count). The van der Waals surface area contributed by atoms with Crippen molar-refractivity contribution in [2.24, 2.45) is 7.05 Å². The van der Waals surface area contributed by atoms with Crippen LogP contribution in [0.3, 0.4) is 0 Å². The Kier molecular flexibility index (Phi) is 6.94. The summed E-state index contributed by atoms with van der Waals surface area (Å²) < 4.78 is 7.62. The van der Waals surface area contributed by atoms with Crippen LogP contribution >= 0.6 is 0 Å². The van der Waals surface area contributed by atoms with Crippen LogP contribution in [0.2, 0.25) is 0 Å². The van der Waals surface area contributed by atoms with Crippen molar-refractivity contribution in [1.29, 1.82) is 0 Å². The zero-order valence-electron chi connectivity index (χ0n) is 17.9. The SMILES string of the molecule is CC.CCc1nc2c(CC)cn(C)c2nc1-c1ccc(C(C)C)nc1OC. The summed E-state index contributed by atoms with van der Waals surface area (Å²) in [5.74, 6) is 0.960. The van der Waals surface area contributed by atoms with Crippen molar-refractivity contribution in [3.8, 4) is 17.1 Å². The molecule has 3 aromatic heterocycles. The van der Waals surface area contributed by atoms with Crippen LogP contribution in [0.1, 0.15) is 64.4 Å². The third-order valence-corrected chi connectivity index (χ3v) is 4.57. The van der Waals surface area contributed by atoms with Gasteiger partial charge in [0.25, 0.3) is 0 Å². The molecule has 0 aliphatic heterocycles. The quantitative estimate of drug-likeness (QED) is 0.612. The van der Waals surface area contributed by atoms with Gasteiger partial charge in [-0.2, -0.15) is 0 Å². The van der Waals surface area contributed by atoms with E-state index in [1.54, 1.807) is 7.11 Å². The van der Waals surface area contributed by atoms with Crippen LogP contribution in [0.15, 0.2) is 18.3 Å². The van der Waals surface area contributed by atoms with Gasteiger partial charge in [0.15, 0.2) is 5.65 Å². The summed E-state index contributed by atoms with van der Waals surface area (Å²) in [7, 11) is 3.67. The average molecular weight is 369 g/mol. The van der Waals surface area contributed by atoms with Crippen molar-refractivity contribution in [3.05, 3.63) is 35.3 Å². The summed E-state index contributed by atoms with van der Waals surface area (Å²) in [5.41, 5.74) is 6.88.